The van der Waals surface area contributed by atoms with Crippen LogP contribution in [0.1, 0.15) is 42.2 Å². The van der Waals surface area contributed by atoms with Crippen LogP contribution in [0.2, 0.25) is 0 Å². The van der Waals surface area contributed by atoms with Crippen LogP contribution in [0.5, 0.6) is 11.5 Å². The minimum absolute atomic E-state index is 0.105. The maximum Gasteiger partial charge on any atom is 0.144 e. The Hall–Kier alpha value is -6.27. The van der Waals surface area contributed by atoms with Gasteiger partial charge in [0, 0.05) is 11.1 Å². The molecule has 0 spiro atoms. The van der Waals surface area contributed by atoms with Crippen LogP contribution in [-0.2, 0) is 16.8 Å². The molecule has 0 radical (unpaired) electrons. The lowest BCUT2D eigenvalue weighted by Crippen LogP contribution is -2.22. The number of hydrogen-bond donors (Lipinski definition) is 6. The van der Waals surface area contributed by atoms with Gasteiger partial charge in [-0.05, 0) is 92.9 Å². The van der Waals surface area contributed by atoms with Crippen LogP contribution in [-0.4, -0.2) is 65.2 Å². The first kappa shape index (κ1) is 37.1. The highest BCUT2D eigenvalue weighted by Gasteiger charge is 2.30. The number of nitrogens with one attached hydrogen (secondary N) is 3. The second-order valence-corrected chi connectivity index (χ2v) is 13.9. The molecule has 11 heteroatoms. The maximum atomic E-state index is 10.4. The van der Waals surface area contributed by atoms with E-state index in [1.54, 1.807) is 18.2 Å². The lowest BCUT2D eigenvalue weighted by Gasteiger charge is -2.19. The van der Waals surface area contributed by atoms with Gasteiger partial charge in [0.15, 0.2) is 0 Å². The smallest absolute Gasteiger partial charge is 0.144 e. The SMILES string of the molecule is Cc1ccc2nc(C(C)(C)c3nc4ccc(C)cc4[nH]3)[nH]c2c1.OCCOc1ccccc1-c1nc(-c2ccccc2O)[nH]c1-c1ccccc1COCO. The predicted octanol–water partition coefficient (Wildman–Crippen LogP) is 8.34. The number of imidazole rings is 3. The van der Waals surface area contributed by atoms with Crippen LogP contribution in [0.3, 0.4) is 0 Å². The number of hydrogen-bond acceptors (Lipinski definition) is 8. The van der Waals surface area contributed by atoms with E-state index in [1.165, 1.54) is 11.1 Å². The van der Waals surface area contributed by atoms with Crippen molar-refractivity contribution in [3.05, 3.63) is 138 Å². The average molecular weight is 737 g/mol. The van der Waals surface area contributed by atoms with Gasteiger partial charge in [0.05, 0.1) is 52.0 Å². The van der Waals surface area contributed by atoms with Crippen molar-refractivity contribution in [3.8, 4) is 45.4 Å². The van der Waals surface area contributed by atoms with E-state index < -0.39 is 0 Å². The zero-order chi connectivity index (χ0) is 38.5. The van der Waals surface area contributed by atoms with Gasteiger partial charge in [-0.15, -0.1) is 0 Å². The summed E-state index contributed by atoms with van der Waals surface area (Å²) in [7, 11) is 0. The van der Waals surface area contributed by atoms with Crippen LogP contribution < -0.4 is 4.74 Å². The summed E-state index contributed by atoms with van der Waals surface area (Å²) in [5, 5.41) is 28.7. The van der Waals surface area contributed by atoms with Gasteiger partial charge in [-0.1, -0.05) is 60.7 Å². The molecule has 0 amide bonds. The van der Waals surface area contributed by atoms with Crippen molar-refractivity contribution >= 4 is 22.1 Å². The summed E-state index contributed by atoms with van der Waals surface area (Å²) in [4.78, 5) is 24.7. The second kappa shape index (κ2) is 16.0. The Morgan fingerprint density at radius 2 is 1.24 bits per heavy atom. The molecule has 5 aromatic carbocycles. The summed E-state index contributed by atoms with van der Waals surface area (Å²) >= 11 is 0. The molecule has 55 heavy (non-hydrogen) atoms. The first-order valence-corrected chi connectivity index (χ1v) is 18.1. The minimum Gasteiger partial charge on any atom is -0.507 e. The normalized spacial score (nSPS) is 11.5. The van der Waals surface area contributed by atoms with Crippen LogP contribution in [0.4, 0.5) is 0 Å². The second-order valence-electron chi connectivity index (χ2n) is 13.9. The van der Waals surface area contributed by atoms with Crippen LogP contribution in [0, 0.1) is 13.8 Å². The highest BCUT2D eigenvalue weighted by molar-refractivity contribution is 5.85. The summed E-state index contributed by atoms with van der Waals surface area (Å²) in [6, 6.07) is 34.7. The molecule has 3 aromatic heterocycles. The first-order chi connectivity index (χ1) is 26.7. The summed E-state index contributed by atoms with van der Waals surface area (Å²) in [6.45, 7) is 8.35. The molecule has 0 atom stereocenters. The number of aliphatic hydroxyl groups is 2. The molecule has 0 aliphatic heterocycles. The lowest BCUT2D eigenvalue weighted by atomic mass is 9.92. The van der Waals surface area contributed by atoms with Crippen molar-refractivity contribution < 1.29 is 24.8 Å². The molecule has 8 rings (SSSR count). The summed E-state index contributed by atoms with van der Waals surface area (Å²) < 4.78 is 11.0. The van der Waals surface area contributed by atoms with Gasteiger partial charge in [0.2, 0.25) is 0 Å². The zero-order valence-corrected chi connectivity index (χ0v) is 31.2. The number of ether oxygens (including phenoxy) is 2. The Morgan fingerprint density at radius 1 is 0.655 bits per heavy atom. The average Bonchev–Trinajstić information content (AvgIpc) is 3.94. The van der Waals surface area contributed by atoms with Gasteiger partial charge in [0.1, 0.15) is 48.1 Å². The molecule has 11 nitrogen and oxygen atoms in total. The maximum absolute atomic E-state index is 10.4. The number of rotatable bonds is 11. The summed E-state index contributed by atoms with van der Waals surface area (Å²) in [5.74, 6) is 3.05. The van der Waals surface area contributed by atoms with Crippen LogP contribution in [0.15, 0.2) is 109 Å². The summed E-state index contributed by atoms with van der Waals surface area (Å²) in [5.41, 5.74) is 10.6. The number of aryl methyl sites for hydroxylation is 2. The number of aromatic hydroxyl groups is 1. The van der Waals surface area contributed by atoms with E-state index in [9.17, 15) is 10.2 Å². The van der Waals surface area contributed by atoms with Gasteiger partial charge < -0.3 is 39.7 Å². The molecule has 6 N–H and O–H groups in total. The molecule has 280 valence electrons. The highest BCUT2D eigenvalue weighted by atomic mass is 16.6. The van der Waals surface area contributed by atoms with E-state index in [-0.39, 0.29) is 37.8 Å². The van der Waals surface area contributed by atoms with E-state index >= 15 is 0 Å². The van der Waals surface area contributed by atoms with Crippen molar-refractivity contribution in [1.29, 1.82) is 0 Å². The Bertz CT molecular complexity index is 2420. The number of phenolic OH excluding ortho intramolecular Hbond substituents is 1. The fraction of sp³-hybridized carbons (Fsp3) is 0.205. The molecule has 0 aliphatic carbocycles. The fourth-order valence-electron chi connectivity index (χ4n) is 6.50. The third-order valence-electron chi connectivity index (χ3n) is 9.45. The molecule has 0 aliphatic rings. The van der Waals surface area contributed by atoms with Crippen molar-refractivity contribution in [1.82, 2.24) is 29.9 Å². The Labute approximate surface area is 318 Å². The fourth-order valence-corrected chi connectivity index (χ4v) is 6.50. The van der Waals surface area contributed by atoms with E-state index in [1.807, 2.05) is 54.6 Å². The standard InChI is InChI=1S/C25H24N2O5.C19H20N4/c28-13-14-32-22-12-6-4-10-20(22)24-23(18-8-2-1-7-17(18)15-31-16-29)26-25(27-24)19-9-3-5-11-21(19)30;1-11-5-7-13-15(9-11)22-17(20-13)19(3,4)18-21-14-8-6-12(2)10-16(14)23-18/h1-12,28-30H,13-16H2,(H,26,27);5-10H,1-4H3,(H,20,22)(H,21,23). The molecule has 8 aromatic rings. The van der Waals surface area contributed by atoms with Crippen molar-refractivity contribution in [2.24, 2.45) is 0 Å². The number of aromatic amines is 3. The molecular weight excluding hydrogens is 693 g/mol. The number of benzene rings is 5. The number of phenols is 1. The Balaban J connectivity index is 0.000000178. The van der Waals surface area contributed by atoms with Crippen LogP contribution >= 0.6 is 0 Å². The molecule has 3 heterocycles. The van der Waals surface area contributed by atoms with Gasteiger partial charge in [-0.3, -0.25) is 0 Å². The first-order valence-electron chi connectivity index (χ1n) is 18.1. The number of para-hydroxylation sites is 2. The van der Waals surface area contributed by atoms with Crippen molar-refractivity contribution in [3.63, 3.8) is 0 Å². The van der Waals surface area contributed by atoms with E-state index in [0.29, 0.717) is 22.8 Å². The summed E-state index contributed by atoms with van der Waals surface area (Å²) in [6.07, 6.45) is 0. The number of fused-ring (bicyclic) bond motifs is 2. The highest BCUT2D eigenvalue weighted by Crippen LogP contribution is 2.40. The number of aromatic nitrogens is 6. The van der Waals surface area contributed by atoms with Gasteiger partial charge >= 0.3 is 0 Å². The van der Waals surface area contributed by atoms with E-state index in [2.05, 4.69) is 79.0 Å². The van der Waals surface area contributed by atoms with Gasteiger partial charge in [0.25, 0.3) is 0 Å². The van der Waals surface area contributed by atoms with Crippen LogP contribution in [0.25, 0.3) is 56.0 Å². The van der Waals surface area contributed by atoms with E-state index in [4.69, 9.17) is 29.5 Å². The Kier molecular flexibility index (Phi) is 10.8. The van der Waals surface area contributed by atoms with Gasteiger partial charge in [-0.25, -0.2) is 15.0 Å². The monoisotopic (exact) mass is 736 g/mol. The lowest BCUT2D eigenvalue weighted by molar-refractivity contribution is -0.0110. The van der Waals surface area contributed by atoms with Gasteiger partial charge in [-0.2, -0.15) is 0 Å². The Morgan fingerprint density at radius 3 is 1.85 bits per heavy atom. The molecule has 0 fully saturated rings. The molecule has 0 bridgehead atoms. The topological polar surface area (TPSA) is 165 Å². The van der Waals surface area contributed by atoms with Crippen molar-refractivity contribution in [2.45, 2.75) is 39.7 Å². The number of nitrogens with zero attached hydrogens (tertiary/aromatic N) is 3. The number of aliphatic hydroxyl groups excluding tert-OH is 2. The number of H-pyrrole nitrogens is 3. The zero-order valence-electron chi connectivity index (χ0n) is 31.2. The van der Waals surface area contributed by atoms with Crippen molar-refractivity contribution in [2.75, 3.05) is 20.0 Å². The molecule has 0 saturated carbocycles. The van der Waals surface area contributed by atoms with E-state index in [0.717, 1.165) is 56.1 Å². The largest absolute Gasteiger partial charge is 0.507 e. The molecular formula is C44H44N6O5. The minimum atomic E-state index is -0.384. The molecule has 0 unspecified atom stereocenters. The molecule has 0 saturated heterocycles. The third-order valence-corrected chi connectivity index (χ3v) is 9.45. The quantitative estimate of drug-likeness (QED) is 0.0722. The third kappa shape index (κ3) is 7.85. The predicted molar refractivity (Wildman–Crippen MR) is 215 cm³/mol.